The standard InChI is InChI=1S/C28H23N3O5S2/c1-35-26-16-25(36-17-28-30-22-5-2-3-6-23(22)31-28)19(15-21(26)27-7-4-14-37-27)10-13-24(32)18-8-11-20(12-9-18)38(29,33)34/h2-16H,17H2,1H3,(H,30,31)(H2,29,33,34)/b13-10+. The molecule has 3 N–H and O–H groups in total. The van der Waals surface area contributed by atoms with Crippen molar-refractivity contribution in [2.45, 2.75) is 11.5 Å². The molecule has 8 nitrogen and oxygen atoms in total. The molecule has 0 aliphatic rings. The molecule has 2 aromatic heterocycles. The van der Waals surface area contributed by atoms with Gasteiger partial charge in [0, 0.05) is 27.6 Å². The minimum Gasteiger partial charge on any atom is -0.496 e. The van der Waals surface area contributed by atoms with Crippen molar-refractivity contribution in [3.63, 3.8) is 0 Å². The number of carbonyl (C=O) groups is 1. The highest BCUT2D eigenvalue weighted by atomic mass is 32.2. The minimum atomic E-state index is -3.84. The van der Waals surface area contributed by atoms with E-state index < -0.39 is 10.0 Å². The van der Waals surface area contributed by atoms with Crippen LogP contribution in [0.2, 0.25) is 0 Å². The predicted molar refractivity (Wildman–Crippen MR) is 148 cm³/mol. The fourth-order valence-corrected chi connectivity index (χ4v) is 5.18. The number of rotatable bonds is 9. The average molecular weight is 546 g/mol. The van der Waals surface area contributed by atoms with Gasteiger partial charge in [0.05, 0.1) is 23.0 Å². The van der Waals surface area contributed by atoms with Crippen LogP contribution < -0.4 is 14.6 Å². The summed E-state index contributed by atoms with van der Waals surface area (Å²) >= 11 is 1.57. The zero-order valence-electron chi connectivity index (χ0n) is 20.2. The number of H-pyrrole nitrogens is 1. The second-order valence-electron chi connectivity index (χ2n) is 8.32. The average Bonchev–Trinajstić information content (AvgIpc) is 3.60. The summed E-state index contributed by atoms with van der Waals surface area (Å²) in [4.78, 5) is 21.6. The molecule has 0 atom stereocenters. The number of nitrogens with two attached hydrogens (primary N) is 1. The first-order valence-electron chi connectivity index (χ1n) is 11.5. The van der Waals surface area contributed by atoms with Gasteiger partial charge in [-0.3, -0.25) is 4.79 Å². The van der Waals surface area contributed by atoms with Crippen LogP contribution >= 0.6 is 11.3 Å². The number of nitrogens with one attached hydrogen (secondary N) is 1. The fourth-order valence-electron chi connectivity index (χ4n) is 3.92. The van der Waals surface area contributed by atoms with Gasteiger partial charge in [-0.25, -0.2) is 18.5 Å². The number of ether oxygens (including phenoxy) is 2. The first-order valence-corrected chi connectivity index (χ1v) is 13.9. The summed E-state index contributed by atoms with van der Waals surface area (Å²) in [5, 5.41) is 7.13. The summed E-state index contributed by atoms with van der Waals surface area (Å²) in [6.45, 7) is 0.181. The van der Waals surface area contributed by atoms with Gasteiger partial charge >= 0.3 is 0 Å². The number of nitrogens with zero attached hydrogens (tertiary/aromatic N) is 1. The monoisotopic (exact) mass is 545 g/mol. The summed E-state index contributed by atoms with van der Waals surface area (Å²) < 4.78 is 34.8. The highest BCUT2D eigenvalue weighted by Gasteiger charge is 2.15. The molecular formula is C28H23N3O5S2. The normalized spacial score (nSPS) is 11.7. The van der Waals surface area contributed by atoms with E-state index in [1.807, 2.05) is 47.8 Å². The number of primary sulfonamides is 1. The second-order valence-corrected chi connectivity index (χ2v) is 10.8. The highest BCUT2D eigenvalue weighted by molar-refractivity contribution is 7.89. The van der Waals surface area contributed by atoms with Gasteiger partial charge in [0.1, 0.15) is 23.9 Å². The van der Waals surface area contributed by atoms with Crippen molar-refractivity contribution in [3.8, 4) is 21.9 Å². The molecule has 0 radical (unpaired) electrons. The van der Waals surface area contributed by atoms with Crippen molar-refractivity contribution >= 4 is 44.3 Å². The Hall–Kier alpha value is -4.25. The third-order valence-electron chi connectivity index (χ3n) is 5.80. The molecule has 192 valence electrons. The summed E-state index contributed by atoms with van der Waals surface area (Å²) in [7, 11) is -2.24. The van der Waals surface area contributed by atoms with E-state index in [9.17, 15) is 13.2 Å². The molecule has 0 fully saturated rings. The van der Waals surface area contributed by atoms with E-state index in [0.717, 1.165) is 21.5 Å². The van der Waals surface area contributed by atoms with Crippen LogP contribution in [0.15, 0.2) is 89.1 Å². The summed E-state index contributed by atoms with van der Waals surface area (Å²) in [6.07, 6.45) is 3.08. The first kappa shape index (κ1) is 25.4. The third kappa shape index (κ3) is 5.52. The van der Waals surface area contributed by atoms with Crippen molar-refractivity contribution in [2.75, 3.05) is 7.11 Å². The van der Waals surface area contributed by atoms with Gasteiger partial charge < -0.3 is 14.5 Å². The van der Waals surface area contributed by atoms with E-state index in [2.05, 4.69) is 9.97 Å². The van der Waals surface area contributed by atoms with Crippen molar-refractivity contribution in [1.29, 1.82) is 0 Å². The van der Waals surface area contributed by atoms with Gasteiger partial charge in [0.2, 0.25) is 10.0 Å². The zero-order valence-corrected chi connectivity index (χ0v) is 21.9. The molecule has 0 unspecified atom stereocenters. The van der Waals surface area contributed by atoms with Crippen LogP contribution in [0.4, 0.5) is 0 Å². The van der Waals surface area contributed by atoms with Gasteiger partial charge in [0.25, 0.3) is 0 Å². The highest BCUT2D eigenvalue weighted by Crippen LogP contribution is 2.39. The van der Waals surface area contributed by atoms with Crippen LogP contribution in [0.1, 0.15) is 21.7 Å². The van der Waals surface area contributed by atoms with Crippen LogP contribution in [-0.4, -0.2) is 31.3 Å². The predicted octanol–water partition coefficient (Wildman–Crippen LogP) is 5.42. The molecule has 0 aliphatic carbocycles. The number of aromatic nitrogens is 2. The maximum atomic E-state index is 12.9. The largest absolute Gasteiger partial charge is 0.496 e. The summed E-state index contributed by atoms with van der Waals surface area (Å²) in [6, 6.07) is 20.8. The Morgan fingerprint density at radius 3 is 2.53 bits per heavy atom. The van der Waals surface area contributed by atoms with Crippen LogP contribution in [0.25, 0.3) is 27.6 Å². The molecular weight excluding hydrogens is 522 g/mol. The molecule has 38 heavy (non-hydrogen) atoms. The van der Waals surface area contributed by atoms with Gasteiger partial charge in [-0.15, -0.1) is 11.3 Å². The van der Waals surface area contributed by atoms with E-state index in [-0.39, 0.29) is 17.3 Å². The number of para-hydroxylation sites is 2. The van der Waals surface area contributed by atoms with Gasteiger partial charge in [-0.1, -0.05) is 18.2 Å². The fraction of sp³-hybridized carbons (Fsp3) is 0.0714. The number of allylic oxidation sites excluding steroid dienone is 1. The minimum absolute atomic E-state index is 0.0601. The van der Waals surface area contributed by atoms with E-state index >= 15 is 0 Å². The number of hydrogen-bond donors (Lipinski definition) is 2. The topological polar surface area (TPSA) is 124 Å². The smallest absolute Gasteiger partial charge is 0.238 e. The van der Waals surface area contributed by atoms with E-state index in [1.165, 1.54) is 30.3 Å². The van der Waals surface area contributed by atoms with Gasteiger partial charge in [0.15, 0.2) is 5.78 Å². The zero-order chi connectivity index (χ0) is 26.7. The number of carbonyl (C=O) groups excluding carboxylic acids is 1. The lowest BCUT2D eigenvalue weighted by atomic mass is 10.0. The lowest BCUT2D eigenvalue weighted by molar-refractivity contribution is 0.104. The summed E-state index contributed by atoms with van der Waals surface area (Å²) in [5.41, 5.74) is 3.61. The van der Waals surface area contributed by atoms with Crippen LogP contribution in [0, 0.1) is 0 Å². The number of thiophene rings is 1. The Labute approximate surface area is 223 Å². The number of methoxy groups -OCH3 is 1. The van der Waals surface area contributed by atoms with E-state index in [1.54, 1.807) is 30.6 Å². The van der Waals surface area contributed by atoms with E-state index in [4.69, 9.17) is 14.6 Å². The molecule has 0 spiro atoms. The van der Waals surface area contributed by atoms with Crippen LogP contribution in [0.5, 0.6) is 11.5 Å². The lowest BCUT2D eigenvalue weighted by Gasteiger charge is -2.14. The SMILES string of the molecule is COc1cc(OCc2nc3ccccc3[nH]2)c(/C=C/C(=O)c2ccc(S(N)(=O)=O)cc2)cc1-c1cccs1. The number of ketones is 1. The summed E-state index contributed by atoms with van der Waals surface area (Å²) in [5.74, 6) is 1.50. The van der Waals surface area contributed by atoms with Crippen LogP contribution in [0.3, 0.4) is 0 Å². The quantitative estimate of drug-likeness (QED) is 0.188. The number of fused-ring (bicyclic) bond motifs is 1. The van der Waals surface area contributed by atoms with Crippen LogP contribution in [-0.2, 0) is 16.6 Å². The van der Waals surface area contributed by atoms with E-state index in [0.29, 0.717) is 28.5 Å². The van der Waals surface area contributed by atoms with Crippen molar-refractivity contribution in [2.24, 2.45) is 5.14 Å². The van der Waals surface area contributed by atoms with Crippen molar-refractivity contribution < 1.29 is 22.7 Å². The number of sulfonamides is 1. The van der Waals surface area contributed by atoms with Crippen molar-refractivity contribution in [1.82, 2.24) is 9.97 Å². The number of benzene rings is 3. The Balaban J connectivity index is 1.47. The molecule has 0 saturated carbocycles. The molecule has 3 aromatic carbocycles. The second kappa shape index (κ2) is 10.6. The third-order valence-corrected chi connectivity index (χ3v) is 7.64. The van der Waals surface area contributed by atoms with Crippen molar-refractivity contribution in [3.05, 3.63) is 101 Å². The molecule has 0 saturated heterocycles. The Morgan fingerprint density at radius 1 is 1.05 bits per heavy atom. The molecule has 2 heterocycles. The first-order chi connectivity index (χ1) is 18.3. The number of imidazole rings is 1. The molecule has 5 rings (SSSR count). The molecule has 0 amide bonds. The maximum absolute atomic E-state index is 12.9. The Morgan fingerprint density at radius 2 is 1.84 bits per heavy atom. The molecule has 10 heteroatoms. The van der Waals surface area contributed by atoms with Gasteiger partial charge in [-0.05, 0) is 66.1 Å². The maximum Gasteiger partial charge on any atom is 0.238 e. The Bertz CT molecular complexity index is 1710. The molecule has 0 bridgehead atoms. The molecule has 0 aliphatic heterocycles. The lowest BCUT2D eigenvalue weighted by Crippen LogP contribution is -2.12. The molecule has 5 aromatic rings. The van der Waals surface area contributed by atoms with Gasteiger partial charge in [-0.2, -0.15) is 0 Å². The number of aromatic amines is 1. The Kier molecular flexibility index (Phi) is 7.10. The number of hydrogen-bond acceptors (Lipinski definition) is 7.